The van der Waals surface area contributed by atoms with Crippen LogP contribution in [0.5, 0.6) is 5.75 Å². The average molecular weight is 444 g/mol. The highest BCUT2D eigenvalue weighted by Crippen LogP contribution is 2.30. The van der Waals surface area contributed by atoms with E-state index >= 15 is 0 Å². The number of methoxy groups -OCH3 is 2. The topological polar surface area (TPSA) is 85.6 Å². The molecule has 0 spiro atoms. The fourth-order valence-corrected chi connectivity index (χ4v) is 4.21. The van der Waals surface area contributed by atoms with Gasteiger partial charge in [-0.25, -0.2) is 19.4 Å². The number of hydrogen-bond donors (Lipinski definition) is 0. The molecule has 2 aromatic carbocycles. The second kappa shape index (κ2) is 8.78. The second-order valence-corrected chi connectivity index (χ2v) is 7.68. The van der Waals surface area contributed by atoms with E-state index in [0.29, 0.717) is 11.2 Å². The van der Waals surface area contributed by atoms with Crippen molar-refractivity contribution in [1.29, 1.82) is 0 Å². The van der Waals surface area contributed by atoms with Crippen molar-refractivity contribution in [3.63, 3.8) is 0 Å². The Kier molecular flexibility index (Phi) is 5.52. The Morgan fingerprint density at radius 2 is 1.73 bits per heavy atom. The van der Waals surface area contributed by atoms with Gasteiger partial charge in [0.1, 0.15) is 17.9 Å². The number of hydrogen-bond acceptors (Lipinski definition) is 8. The van der Waals surface area contributed by atoms with E-state index in [4.69, 9.17) is 9.47 Å². The van der Waals surface area contributed by atoms with Crippen LogP contribution in [-0.4, -0.2) is 66.1 Å². The predicted molar refractivity (Wildman–Crippen MR) is 125 cm³/mol. The molecule has 0 bridgehead atoms. The number of rotatable bonds is 5. The zero-order chi connectivity index (χ0) is 22.8. The van der Waals surface area contributed by atoms with Gasteiger partial charge in [-0.05, 0) is 30.3 Å². The first kappa shape index (κ1) is 20.7. The fraction of sp³-hybridized carbons (Fsp3) is 0.250. The third-order valence-electron chi connectivity index (χ3n) is 5.86. The lowest BCUT2D eigenvalue weighted by Gasteiger charge is -2.37. The summed E-state index contributed by atoms with van der Waals surface area (Å²) < 4.78 is 12.1. The average Bonchev–Trinajstić information content (AvgIpc) is 3.33. The van der Waals surface area contributed by atoms with Crippen molar-refractivity contribution in [2.45, 2.75) is 0 Å². The molecule has 0 amide bonds. The van der Waals surface area contributed by atoms with Crippen LogP contribution in [0.2, 0.25) is 0 Å². The number of fused-ring (bicyclic) bond motifs is 1. The number of nitrogens with zero attached hydrogens (tertiary/aromatic N) is 6. The van der Waals surface area contributed by atoms with E-state index in [1.807, 2.05) is 24.3 Å². The molecular weight excluding hydrogens is 420 g/mol. The summed E-state index contributed by atoms with van der Waals surface area (Å²) in [7, 11) is 3.07. The maximum atomic E-state index is 11.9. The molecular formula is C24H24N6O3. The van der Waals surface area contributed by atoms with Crippen LogP contribution in [0, 0.1) is 0 Å². The molecule has 1 saturated heterocycles. The quantitative estimate of drug-likeness (QED) is 0.435. The van der Waals surface area contributed by atoms with Gasteiger partial charge in [-0.15, -0.1) is 0 Å². The SMILES string of the molecule is COC(=O)c1cccc(-n2ncc3c(N4CCN(c5ccccc5OC)CC4)ncnc32)c1. The Bertz CT molecular complexity index is 1300. The number of piperazine rings is 1. The first-order valence-corrected chi connectivity index (χ1v) is 10.7. The smallest absolute Gasteiger partial charge is 0.337 e. The number of para-hydroxylation sites is 2. The first-order chi connectivity index (χ1) is 16.2. The van der Waals surface area contributed by atoms with E-state index in [0.717, 1.165) is 54.5 Å². The summed E-state index contributed by atoms with van der Waals surface area (Å²) in [6.07, 6.45) is 3.34. The Hall–Kier alpha value is -4.14. The lowest BCUT2D eigenvalue weighted by molar-refractivity contribution is 0.0600. The minimum atomic E-state index is -0.392. The first-order valence-electron chi connectivity index (χ1n) is 10.7. The van der Waals surface area contributed by atoms with Gasteiger partial charge in [0, 0.05) is 26.2 Å². The molecule has 0 saturated carbocycles. The third kappa shape index (κ3) is 3.82. The zero-order valence-electron chi connectivity index (χ0n) is 18.5. The van der Waals surface area contributed by atoms with Crippen LogP contribution >= 0.6 is 0 Å². The molecule has 4 aromatic rings. The molecule has 33 heavy (non-hydrogen) atoms. The van der Waals surface area contributed by atoms with E-state index < -0.39 is 5.97 Å². The number of carbonyl (C=O) groups is 1. The molecule has 0 aliphatic carbocycles. The molecule has 9 nitrogen and oxygen atoms in total. The van der Waals surface area contributed by atoms with Crippen molar-refractivity contribution < 1.29 is 14.3 Å². The Morgan fingerprint density at radius 3 is 2.52 bits per heavy atom. The van der Waals surface area contributed by atoms with Crippen LogP contribution in [0.1, 0.15) is 10.4 Å². The summed E-state index contributed by atoms with van der Waals surface area (Å²) >= 11 is 0. The van der Waals surface area contributed by atoms with Crippen molar-refractivity contribution in [3.05, 3.63) is 66.6 Å². The van der Waals surface area contributed by atoms with E-state index in [2.05, 4.69) is 30.9 Å². The fourth-order valence-electron chi connectivity index (χ4n) is 4.21. The highest BCUT2D eigenvalue weighted by molar-refractivity contribution is 5.91. The zero-order valence-corrected chi connectivity index (χ0v) is 18.5. The Labute approximate surface area is 191 Å². The number of benzene rings is 2. The molecule has 0 unspecified atom stereocenters. The second-order valence-electron chi connectivity index (χ2n) is 7.68. The number of carbonyl (C=O) groups excluding carboxylic acids is 1. The molecule has 5 rings (SSSR count). The summed E-state index contributed by atoms with van der Waals surface area (Å²) in [6, 6.07) is 15.2. The lowest BCUT2D eigenvalue weighted by Crippen LogP contribution is -2.47. The van der Waals surface area contributed by atoms with Gasteiger partial charge in [0.15, 0.2) is 5.65 Å². The largest absolute Gasteiger partial charge is 0.495 e. The van der Waals surface area contributed by atoms with Crippen molar-refractivity contribution in [2.24, 2.45) is 0 Å². The standard InChI is InChI=1S/C24H24N6O3/c1-32-21-9-4-3-8-20(21)28-10-12-29(13-11-28)22-19-15-27-30(23(19)26-16-25-22)18-7-5-6-17(14-18)24(31)33-2/h3-9,14-16H,10-13H2,1-2H3. The molecule has 168 valence electrons. The van der Waals surface area contributed by atoms with Gasteiger partial charge < -0.3 is 19.3 Å². The van der Waals surface area contributed by atoms with Gasteiger partial charge in [0.25, 0.3) is 0 Å². The molecule has 1 fully saturated rings. The van der Waals surface area contributed by atoms with E-state index in [-0.39, 0.29) is 0 Å². The summed E-state index contributed by atoms with van der Waals surface area (Å²) in [6.45, 7) is 3.32. The summed E-state index contributed by atoms with van der Waals surface area (Å²) in [5, 5.41) is 5.41. The minimum Gasteiger partial charge on any atom is -0.495 e. The number of ether oxygens (including phenoxy) is 2. The lowest BCUT2D eigenvalue weighted by atomic mass is 10.2. The number of anilines is 2. The van der Waals surface area contributed by atoms with Gasteiger partial charge in [0.2, 0.25) is 0 Å². The van der Waals surface area contributed by atoms with Gasteiger partial charge in [-0.1, -0.05) is 18.2 Å². The predicted octanol–water partition coefficient (Wildman–Crippen LogP) is 2.94. The monoisotopic (exact) mass is 444 g/mol. The number of aromatic nitrogens is 4. The van der Waals surface area contributed by atoms with Crippen LogP contribution in [-0.2, 0) is 4.74 Å². The van der Waals surface area contributed by atoms with E-state index in [1.165, 1.54) is 7.11 Å². The molecule has 0 radical (unpaired) electrons. The summed E-state index contributed by atoms with van der Waals surface area (Å²) in [5.41, 5.74) is 2.99. The van der Waals surface area contributed by atoms with Crippen molar-refractivity contribution in [1.82, 2.24) is 19.7 Å². The van der Waals surface area contributed by atoms with Gasteiger partial charge in [-0.3, -0.25) is 0 Å². The molecule has 3 heterocycles. The molecule has 0 N–H and O–H groups in total. The number of esters is 1. The van der Waals surface area contributed by atoms with Gasteiger partial charge in [0.05, 0.1) is 42.7 Å². The highest BCUT2D eigenvalue weighted by atomic mass is 16.5. The van der Waals surface area contributed by atoms with E-state index in [1.54, 1.807) is 42.5 Å². The van der Waals surface area contributed by atoms with Crippen molar-refractivity contribution in [2.75, 3.05) is 50.2 Å². The Balaban J connectivity index is 1.41. The molecule has 0 atom stereocenters. The van der Waals surface area contributed by atoms with Gasteiger partial charge in [-0.2, -0.15) is 5.10 Å². The van der Waals surface area contributed by atoms with Crippen LogP contribution < -0.4 is 14.5 Å². The maximum absolute atomic E-state index is 11.9. The van der Waals surface area contributed by atoms with Crippen molar-refractivity contribution in [3.8, 4) is 11.4 Å². The summed E-state index contributed by atoms with van der Waals surface area (Å²) in [4.78, 5) is 25.6. The Morgan fingerprint density at radius 1 is 0.939 bits per heavy atom. The van der Waals surface area contributed by atoms with E-state index in [9.17, 15) is 4.79 Å². The molecule has 2 aromatic heterocycles. The van der Waals surface area contributed by atoms with Crippen LogP contribution in [0.3, 0.4) is 0 Å². The minimum absolute atomic E-state index is 0.392. The maximum Gasteiger partial charge on any atom is 0.337 e. The summed E-state index contributed by atoms with van der Waals surface area (Å²) in [5.74, 6) is 1.34. The normalized spacial score (nSPS) is 13.9. The van der Waals surface area contributed by atoms with Crippen LogP contribution in [0.25, 0.3) is 16.7 Å². The third-order valence-corrected chi connectivity index (χ3v) is 5.86. The van der Waals surface area contributed by atoms with Gasteiger partial charge >= 0.3 is 5.97 Å². The molecule has 1 aliphatic rings. The van der Waals surface area contributed by atoms with Crippen LogP contribution in [0.15, 0.2) is 61.1 Å². The van der Waals surface area contributed by atoms with Crippen LogP contribution in [0.4, 0.5) is 11.5 Å². The highest BCUT2D eigenvalue weighted by Gasteiger charge is 2.23. The molecule has 1 aliphatic heterocycles. The van der Waals surface area contributed by atoms with Crippen molar-refractivity contribution >= 4 is 28.5 Å². The molecule has 9 heteroatoms.